The molecule has 2 amide bonds. The van der Waals surface area contributed by atoms with Crippen molar-refractivity contribution < 1.29 is 23.9 Å². The van der Waals surface area contributed by atoms with Crippen molar-refractivity contribution in [2.75, 3.05) is 37.7 Å². The largest absolute Gasteiger partial charge is 0.476 e. The van der Waals surface area contributed by atoms with Crippen LogP contribution < -0.4 is 9.64 Å². The van der Waals surface area contributed by atoms with Gasteiger partial charge in [0.2, 0.25) is 0 Å². The summed E-state index contributed by atoms with van der Waals surface area (Å²) in [6, 6.07) is 7.17. The average Bonchev–Trinajstić information content (AvgIpc) is 3.06. The Hall–Kier alpha value is -3.13. The summed E-state index contributed by atoms with van der Waals surface area (Å²) in [4.78, 5) is 44.9. The van der Waals surface area contributed by atoms with Crippen molar-refractivity contribution in [3.8, 4) is 5.75 Å². The molecule has 1 saturated heterocycles. The zero-order valence-corrected chi connectivity index (χ0v) is 17.4. The number of Topliss-reactive ketones (excluding diaryl/α,β-unsaturated/α-hetero) is 1. The Morgan fingerprint density at radius 1 is 1.10 bits per heavy atom. The van der Waals surface area contributed by atoms with Crippen molar-refractivity contribution in [3.63, 3.8) is 0 Å². The smallest absolute Gasteiger partial charge is 0.275 e. The fourth-order valence-electron chi connectivity index (χ4n) is 4.17. The number of aryl methyl sites for hydroxylation is 1. The predicted molar refractivity (Wildman–Crippen MR) is 110 cm³/mol. The zero-order chi connectivity index (χ0) is 21.4. The van der Waals surface area contributed by atoms with E-state index in [4.69, 9.17) is 9.47 Å². The van der Waals surface area contributed by atoms with Crippen molar-refractivity contribution >= 4 is 23.3 Å². The molecule has 158 valence electrons. The lowest BCUT2D eigenvalue weighted by Crippen LogP contribution is -2.54. The number of nitrogens with one attached hydrogen (secondary N) is 1. The van der Waals surface area contributed by atoms with Crippen LogP contribution >= 0.6 is 0 Å². The minimum atomic E-state index is -0.800. The van der Waals surface area contributed by atoms with Gasteiger partial charge in [0.25, 0.3) is 11.8 Å². The molecule has 2 aliphatic heterocycles. The van der Waals surface area contributed by atoms with Crippen molar-refractivity contribution in [2.24, 2.45) is 0 Å². The number of ether oxygens (including phenoxy) is 2. The van der Waals surface area contributed by atoms with E-state index >= 15 is 0 Å². The number of carbonyl (C=O) groups excluding carboxylic acids is 3. The van der Waals surface area contributed by atoms with Crippen LogP contribution in [0.1, 0.15) is 39.0 Å². The second-order valence-corrected chi connectivity index (χ2v) is 7.61. The van der Waals surface area contributed by atoms with E-state index in [2.05, 4.69) is 4.98 Å². The summed E-state index contributed by atoms with van der Waals surface area (Å²) in [5, 5.41) is 0. The maximum atomic E-state index is 13.5. The van der Waals surface area contributed by atoms with E-state index in [1.165, 1.54) is 6.92 Å². The van der Waals surface area contributed by atoms with Gasteiger partial charge in [0, 0.05) is 24.3 Å². The molecule has 0 aliphatic carbocycles. The molecule has 1 aromatic carbocycles. The summed E-state index contributed by atoms with van der Waals surface area (Å²) in [6.45, 7) is 7.11. The molecule has 4 rings (SSSR count). The Bertz CT molecular complexity index is 1010. The lowest BCUT2D eigenvalue weighted by Gasteiger charge is -2.37. The predicted octanol–water partition coefficient (Wildman–Crippen LogP) is 2.10. The SMILES string of the molecule is CC(=O)c1c(C)[nH]c(C(=O)N2C[C@@H](C(=O)N3CCOCC3)Oc3ccccc32)c1C. The molecule has 1 fully saturated rings. The maximum absolute atomic E-state index is 13.5. The third-order valence-electron chi connectivity index (χ3n) is 5.62. The number of anilines is 1. The average molecular weight is 411 g/mol. The molecule has 0 bridgehead atoms. The normalized spacial score (nSPS) is 18.6. The van der Waals surface area contributed by atoms with Gasteiger partial charge in [-0.05, 0) is 38.5 Å². The van der Waals surface area contributed by atoms with Gasteiger partial charge in [0.05, 0.1) is 25.4 Å². The number of morpholine rings is 1. The van der Waals surface area contributed by atoms with Crippen molar-refractivity contribution in [1.82, 2.24) is 9.88 Å². The van der Waals surface area contributed by atoms with Gasteiger partial charge in [-0.1, -0.05) is 12.1 Å². The molecule has 1 atom stereocenters. The molecule has 30 heavy (non-hydrogen) atoms. The van der Waals surface area contributed by atoms with Crippen LogP contribution in [-0.4, -0.2) is 66.4 Å². The summed E-state index contributed by atoms with van der Waals surface area (Å²) < 4.78 is 11.3. The van der Waals surface area contributed by atoms with E-state index in [0.717, 1.165) is 0 Å². The number of H-pyrrole nitrogens is 1. The summed E-state index contributed by atoms with van der Waals surface area (Å²) in [5.74, 6) is -0.0625. The van der Waals surface area contributed by atoms with E-state index in [9.17, 15) is 14.4 Å². The number of hydrogen-bond acceptors (Lipinski definition) is 5. The summed E-state index contributed by atoms with van der Waals surface area (Å²) in [7, 11) is 0. The van der Waals surface area contributed by atoms with Crippen LogP contribution in [-0.2, 0) is 9.53 Å². The number of hydrogen-bond donors (Lipinski definition) is 1. The standard InChI is InChI=1S/C22H25N3O5/c1-13-19(15(3)26)14(2)23-20(13)22(28)25-12-18(21(27)24-8-10-29-11-9-24)30-17-7-5-4-6-16(17)25/h4-7,18,23H,8-12H2,1-3H3/t18-/m0/s1. The molecule has 0 spiro atoms. The van der Waals surface area contributed by atoms with Crippen LogP contribution in [0.4, 0.5) is 5.69 Å². The second-order valence-electron chi connectivity index (χ2n) is 7.61. The molecule has 8 nitrogen and oxygen atoms in total. The molecule has 0 saturated carbocycles. The first-order valence-corrected chi connectivity index (χ1v) is 10.0. The number of ketones is 1. The number of aromatic amines is 1. The van der Waals surface area contributed by atoms with E-state index in [1.54, 1.807) is 41.8 Å². The van der Waals surface area contributed by atoms with Gasteiger partial charge in [-0.2, -0.15) is 0 Å². The van der Waals surface area contributed by atoms with Gasteiger partial charge in [0.1, 0.15) is 11.4 Å². The van der Waals surface area contributed by atoms with E-state index in [0.29, 0.717) is 60.3 Å². The van der Waals surface area contributed by atoms with Gasteiger partial charge in [0.15, 0.2) is 11.9 Å². The zero-order valence-electron chi connectivity index (χ0n) is 17.4. The monoisotopic (exact) mass is 411 g/mol. The summed E-state index contributed by atoms with van der Waals surface area (Å²) in [5.41, 5.74) is 2.76. The Kier molecular flexibility index (Phi) is 5.34. The summed E-state index contributed by atoms with van der Waals surface area (Å²) >= 11 is 0. The Balaban J connectivity index is 1.68. The van der Waals surface area contributed by atoms with E-state index in [1.807, 2.05) is 6.07 Å². The lowest BCUT2D eigenvalue weighted by atomic mass is 10.1. The first-order chi connectivity index (χ1) is 14.4. The Labute approximate surface area is 174 Å². The van der Waals surface area contributed by atoms with Crippen molar-refractivity contribution in [1.29, 1.82) is 0 Å². The third-order valence-corrected chi connectivity index (χ3v) is 5.62. The molecular weight excluding hydrogens is 386 g/mol. The Morgan fingerprint density at radius 3 is 2.47 bits per heavy atom. The highest BCUT2D eigenvalue weighted by Crippen LogP contribution is 2.35. The van der Waals surface area contributed by atoms with Crippen molar-refractivity contribution in [3.05, 3.63) is 46.8 Å². The van der Waals surface area contributed by atoms with Crippen LogP contribution in [0.5, 0.6) is 5.75 Å². The van der Waals surface area contributed by atoms with Crippen LogP contribution in [0.25, 0.3) is 0 Å². The molecule has 0 radical (unpaired) electrons. The number of amides is 2. The first-order valence-electron chi connectivity index (χ1n) is 10.0. The number of aromatic nitrogens is 1. The van der Waals surface area contributed by atoms with Crippen LogP contribution in [0.3, 0.4) is 0 Å². The number of nitrogens with zero attached hydrogens (tertiary/aromatic N) is 2. The number of fused-ring (bicyclic) bond motifs is 1. The quantitative estimate of drug-likeness (QED) is 0.781. The summed E-state index contributed by atoms with van der Waals surface area (Å²) in [6.07, 6.45) is -0.800. The highest BCUT2D eigenvalue weighted by Gasteiger charge is 2.37. The second kappa shape index (κ2) is 7.95. The van der Waals surface area contributed by atoms with Gasteiger partial charge in [-0.15, -0.1) is 0 Å². The molecule has 2 aromatic rings. The molecule has 1 N–H and O–H groups in total. The molecule has 8 heteroatoms. The first kappa shape index (κ1) is 20.2. The molecule has 2 aliphatic rings. The minimum Gasteiger partial charge on any atom is -0.476 e. The molecular formula is C22H25N3O5. The van der Waals surface area contributed by atoms with Gasteiger partial charge in [-0.3, -0.25) is 19.3 Å². The van der Waals surface area contributed by atoms with E-state index in [-0.39, 0.29) is 24.1 Å². The Morgan fingerprint density at radius 2 is 1.80 bits per heavy atom. The topological polar surface area (TPSA) is 91.9 Å². The molecule has 1 aromatic heterocycles. The number of carbonyl (C=O) groups is 3. The van der Waals surface area contributed by atoms with Gasteiger partial charge >= 0.3 is 0 Å². The third kappa shape index (κ3) is 3.47. The lowest BCUT2D eigenvalue weighted by molar-refractivity contribution is -0.142. The maximum Gasteiger partial charge on any atom is 0.275 e. The highest BCUT2D eigenvalue weighted by molar-refractivity contribution is 6.10. The number of para-hydroxylation sites is 2. The van der Waals surface area contributed by atoms with Crippen LogP contribution in [0, 0.1) is 13.8 Å². The molecule has 3 heterocycles. The highest BCUT2D eigenvalue weighted by atomic mass is 16.5. The van der Waals surface area contributed by atoms with E-state index < -0.39 is 6.10 Å². The molecule has 0 unspecified atom stereocenters. The number of benzene rings is 1. The van der Waals surface area contributed by atoms with Gasteiger partial charge in [-0.25, -0.2) is 0 Å². The fraction of sp³-hybridized carbons (Fsp3) is 0.409. The van der Waals surface area contributed by atoms with Crippen molar-refractivity contribution in [2.45, 2.75) is 26.9 Å². The minimum absolute atomic E-state index is 0.0944. The fourth-order valence-corrected chi connectivity index (χ4v) is 4.17. The number of rotatable bonds is 3. The van der Waals surface area contributed by atoms with Crippen LogP contribution in [0.15, 0.2) is 24.3 Å². The van der Waals surface area contributed by atoms with Crippen LogP contribution in [0.2, 0.25) is 0 Å². The van der Waals surface area contributed by atoms with Gasteiger partial charge < -0.3 is 19.4 Å².